The molecule has 5 heteroatoms. The van der Waals surface area contributed by atoms with Crippen LogP contribution < -0.4 is 10.2 Å². The first-order chi connectivity index (χ1) is 18.3. The van der Waals surface area contributed by atoms with Crippen molar-refractivity contribution < 1.29 is 14.3 Å². The van der Waals surface area contributed by atoms with E-state index >= 15 is 0 Å². The van der Waals surface area contributed by atoms with Gasteiger partial charge in [-0.25, -0.2) is 4.79 Å². The van der Waals surface area contributed by atoms with Gasteiger partial charge in [-0.3, -0.25) is 5.32 Å². The number of amides is 1. The molecule has 1 aliphatic heterocycles. The first-order valence-electron chi connectivity index (χ1n) is 13.8. The summed E-state index contributed by atoms with van der Waals surface area (Å²) in [6.07, 6.45) is 4.53. The van der Waals surface area contributed by atoms with E-state index in [-0.39, 0.29) is 11.8 Å². The summed E-state index contributed by atoms with van der Waals surface area (Å²) in [6.45, 7) is 7.45. The Morgan fingerprint density at radius 3 is 2.29 bits per heavy atom. The lowest BCUT2D eigenvalue weighted by molar-refractivity contribution is -0.111. The minimum atomic E-state index is -0.539. The van der Waals surface area contributed by atoms with E-state index in [1.807, 2.05) is 26.8 Å². The van der Waals surface area contributed by atoms with Crippen LogP contribution in [0.2, 0.25) is 0 Å². The monoisotopic (exact) mass is 510 g/mol. The molecule has 0 bridgehead atoms. The van der Waals surface area contributed by atoms with E-state index in [2.05, 4.69) is 76.9 Å². The number of fused-ring (bicyclic) bond motifs is 1. The quantitative estimate of drug-likeness (QED) is 0.366. The molecule has 1 N–H and O–H groups in total. The number of carbonyl (C=O) groups excluding carboxylic acids is 2. The zero-order chi connectivity index (χ0) is 26.7. The van der Waals surface area contributed by atoms with E-state index in [0.29, 0.717) is 5.92 Å². The van der Waals surface area contributed by atoms with Crippen molar-refractivity contribution in [3.8, 4) is 0 Å². The van der Waals surface area contributed by atoms with Crippen LogP contribution in [0.25, 0.3) is 0 Å². The van der Waals surface area contributed by atoms with Crippen molar-refractivity contribution in [3.63, 3.8) is 0 Å². The van der Waals surface area contributed by atoms with Crippen LogP contribution in [0.1, 0.15) is 74.1 Å². The number of piperidine rings is 1. The van der Waals surface area contributed by atoms with Crippen molar-refractivity contribution in [2.24, 2.45) is 5.92 Å². The highest BCUT2D eigenvalue weighted by molar-refractivity contribution is 5.85. The smallest absolute Gasteiger partial charge is 0.412 e. The Kier molecular flexibility index (Phi) is 7.55. The number of carbonyl (C=O) groups is 2. The van der Waals surface area contributed by atoms with Gasteiger partial charge in [0, 0.05) is 36.3 Å². The molecule has 1 amide bonds. The number of benzene rings is 3. The Morgan fingerprint density at radius 2 is 1.63 bits per heavy atom. The molecule has 2 aliphatic rings. The zero-order valence-electron chi connectivity index (χ0n) is 22.7. The molecule has 5 nitrogen and oxygen atoms in total. The number of rotatable bonds is 5. The molecule has 0 aromatic heterocycles. The molecule has 0 saturated carbocycles. The van der Waals surface area contributed by atoms with Crippen molar-refractivity contribution in [1.29, 1.82) is 0 Å². The molecule has 3 aromatic rings. The molecule has 1 fully saturated rings. The summed E-state index contributed by atoms with van der Waals surface area (Å²) in [5, 5.41) is 2.91. The predicted molar refractivity (Wildman–Crippen MR) is 153 cm³/mol. The zero-order valence-corrected chi connectivity index (χ0v) is 22.7. The molecule has 38 heavy (non-hydrogen) atoms. The van der Waals surface area contributed by atoms with Gasteiger partial charge < -0.3 is 14.4 Å². The van der Waals surface area contributed by atoms with E-state index in [9.17, 15) is 9.59 Å². The van der Waals surface area contributed by atoms with Gasteiger partial charge in [0.25, 0.3) is 0 Å². The van der Waals surface area contributed by atoms with Crippen molar-refractivity contribution in [2.75, 3.05) is 23.3 Å². The van der Waals surface area contributed by atoms with Gasteiger partial charge in [-0.05, 0) is 98.9 Å². The van der Waals surface area contributed by atoms with Crippen LogP contribution in [-0.2, 0) is 16.0 Å². The normalized spacial score (nSPS) is 19.9. The third-order valence-electron chi connectivity index (χ3n) is 7.83. The Bertz CT molecular complexity index is 1260. The highest BCUT2D eigenvalue weighted by Gasteiger charge is 2.32. The van der Waals surface area contributed by atoms with E-state index < -0.39 is 11.7 Å². The minimum Gasteiger partial charge on any atom is -0.444 e. The van der Waals surface area contributed by atoms with Crippen molar-refractivity contribution in [3.05, 3.63) is 95.1 Å². The number of nitrogens with one attached hydrogen (secondary N) is 1. The Balaban J connectivity index is 1.43. The van der Waals surface area contributed by atoms with Gasteiger partial charge in [0.2, 0.25) is 0 Å². The summed E-state index contributed by atoms with van der Waals surface area (Å²) in [5.41, 5.74) is 6.71. The number of ether oxygens (including phenoxy) is 1. The lowest BCUT2D eigenvalue weighted by atomic mass is 9.69. The largest absolute Gasteiger partial charge is 0.444 e. The molecular weight excluding hydrogens is 472 g/mol. The molecule has 5 rings (SSSR count). The summed E-state index contributed by atoms with van der Waals surface area (Å²) in [7, 11) is 0. The van der Waals surface area contributed by atoms with Crippen LogP contribution in [0.15, 0.2) is 72.8 Å². The van der Waals surface area contributed by atoms with Gasteiger partial charge in [-0.1, -0.05) is 48.5 Å². The van der Waals surface area contributed by atoms with E-state index in [1.54, 1.807) is 0 Å². The van der Waals surface area contributed by atoms with Gasteiger partial charge in [-0.15, -0.1) is 0 Å². The van der Waals surface area contributed by atoms with E-state index in [0.717, 1.165) is 50.7 Å². The number of hydrogen-bond donors (Lipinski definition) is 1. The molecule has 3 aromatic carbocycles. The third kappa shape index (κ3) is 5.93. The van der Waals surface area contributed by atoms with Gasteiger partial charge in [0.05, 0.1) is 0 Å². The van der Waals surface area contributed by atoms with Crippen LogP contribution in [-0.4, -0.2) is 31.1 Å². The maximum atomic E-state index is 12.4. The van der Waals surface area contributed by atoms with Crippen LogP contribution >= 0.6 is 0 Å². The first-order valence-corrected chi connectivity index (χ1v) is 13.8. The van der Waals surface area contributed by atoms with Crippen LogP contribution in [0.3, 0.4) is 0 Å². The molecule has 1 saturated heterocycles. The third-order valence-corrected chi connectivity index (χ3v) is 7.83. The van der Waals surface area contributed by atoms with Crippen molar-refractivity contribution in [1.82, 2.24) is 0 Å². The lowest BCUT2D eigenvalue weighted by Gasteiger charge is -2.36. The highest BCUT2D eigenvalue weighted by Crippen LogP contribution is 2.47. The molecule has 1 heterocycles. The summed E-state index contributed by atoms with van der Waals surface area (Å²) in [4.78, 5) is 25.9. The Hall–Kier alpha value is -3.60. The number of hydrogen-bond acceptors (Lipinski definition) is 4. The van der Waals surface area contributed by atoms with Gasteiger partial charge in [-0.2, -0.15) is 0 Å². The average molecular weight is 511 g/mol. The molecule has 0 spiro atoms. The van der Waals surface area contributed by atoms with E-state index in [4.69, 9.17) is 4.74 Å². The number of anilines is 2. The summed E-state index contributed by atoms with van der Waals surface area (Å²) in [5.74, 6) is 0.805. The summed E-state index contributed by atoms with van der Waals surface area (Å²) in [6, 6.07) is 26.1. The number of aryl methyl sites for hydroxylation is 1. The predicted octanol–water partition coefficient (Wildman–Crippen LogP) is 7.31. The highest BCUT2D eigenvalue weighted by atomic mass is 16.6. The Labute approximate surface area is 226 Å². The van der Waals surface area contributed by atoms with E-state index in [1.165, 1.54) is 27.9 Å². The summed E-state index contributed by atoms with van der Waals surface area (Å²) >= 11 is 0. The minimum absolute atomic E-state index is 0.200. The number of nitrogens with zero attached hydrogens (tertiary/aromatic N) is 1. The maximum Gasteiger partial charge on any atom is 0.412 e. The Morgan fingerprint density at radius 1 is 0.921 bits per heavy atom. The maximum absolute atomic E-state index is 12.4. The molecule has 2 atom stereocenters. The molecule has 1 aliphatic carbocycles. The first kappa shape index (κ1) is 26.0. The fourth-order valence-electron chi connectivity index (χ4n) is 5.98. The van der Waals surface area contributed by atoms with Crippen LogP contribution in [0.5, 0.6) is 0 Å². The second kappa shape index (κ2) is 11.0. The molecule has 198 valence electrons. The molecule has 0 unspecified atom stereocenters. The van der Waals surface area contributed by atoms with Gasteiger partial charge >= 0.3 is 6.09 Å². The fourth-order valence-corrected chi connectivity index (χ4v) is 5.98. The summed E-state index contributed by atoms with van der Waals surface area (Å²) < 4.78 is 5.45. The standard InChI is InChI=1S/C33H38N2O3/c1-33(2,3)38-32(37)34-27-12-16-30-26(21-27)11-15-29(24-7-5-4-6-8-24)31(30)25-9-13-28(14-10-25)35-19-17-23(22-36)18-20-35/h4-10,12-14,16,21-23,29,31H,11,15,17-20H2,1-3H3,(H,34,37)/t29-,31+/m1/s1. The van der Waals surface area contributed by atoms with Crippen LogP contribution in [0.4, 0.5) is 16.2 Å². The topological polar surface area (TPSA) is 58.6 Å². The molecule has 0 radical (unpaired) electrons. The van der Waals surface area contributed by atoms with Gasteiger partial charge in [0.15, 0.2) is 0 Å². The fraction of sp³-hybridized carbons (Fsp3) is 0.394. The average Bonchev–Trinajstić information content (AvgIpc) is 2.92. The second-order valence-electron chi connectivity index (χ2n) is 11.6. The van der Waals surface area contributed by atoms with Crippen molar-refractivity contribution in [2.45, 2.75) is 63.9 Å². The number of aldehydes is 1. The lowest BCUT2D eigenvalue weighted by Crippen LogP contribution is -2.34. The SMILES string of the molecule is CC(C)(C)OC(=O)Nc1ccc2c(c1)CC[C@H](c1ccccc1)[C@@H]2c1ccc(N2CCC(C=O)CC2)cc1. The van der Waals surface area contributed by atoms with Crippen molar-refractivity contribution >= 4 is 23.8 Å². The van der Waals surface area contributed by atoms with Crippen LogP contribution in [0, 0.1) is 5.92 Å². The van der Waals surface area contributed by atoms with Gasteiger partial charge in [0.1, 0.15) is 11.9 Å². The second-order valence-corrected chi connectivity index (χ2v) is 11.6. The molecular formula is C33H38N2O3.